The maximum absolute atomic E-state index is 11.5. The molecule has 1 aliphatic rings. The number of nitrogens with one attached hydrogen (secondary N) is 2. The summed E-state index contributed by atoms with van der Waals surface area (Å²) < 4.78 is 0. The van der Waals surface area contributed by atoms with Crippen LogP contribution in [0.15, 0.2) is 23.1 Å². The molecule has 0 saturated heterocycles. The Hall–Kier alpha value is -1.53. The lowest BCUT2D eigenvalue weighted by atomic mass is 10.1. The van der Waals surface area contributed by atoms with E-state index in [0.29, 0.717) is 0 Å². The Labute approximate surface area is 103 Å². The van der Waals surface area contributed by atoms with Gasteiger partial charge in [0.2, 0.25) is 11.8 Å². The van der Waals surface area contributed by atoms with Crippen molar-refractivity contribution in [3.05, 3.63) is 23.8 Å². The van der Waals surface area contributed by atoms with Crippen molar-refractivity contribution < 1.29 is 9.59 Å². The topological polar surface area (TPSA) is 84.2 Å². The van der Waals surface area contributed by atoms with Crippen LogP contribution >= 0.6 is 11.8 Å². The molecule has 6 heteroatoms. The predicted molar refractivity (Wildman–Crippen MR) is 66.4 cm³/mol. The van der Waals surface area contributed by atoms with Crippen LogP contribution < -0.4 is 16.6 Å². The quantitative estimate of drug-likeness (QED) is 0.409. The second-order valence-electron chi connectivity index (χ2n) is 3.82. The minimum absolute atomic E-state index is 0.0112. The van der Waals surface area contributed by atoms with Crippen LogP contribution in [-0.2, 0) is 16.0 Å². The van der Waals surface area contributed by atoms with Crippen LogP contribution in [0.5, 0.6) is 0 Å². The van der Waals surface area contributed by atoms with Gasteiger partial charge >= 0.3 is 0 Å². The second kappa shape index (κ2) is 4.77. The van der Waals surface area contributed by atoms with E-state index in [4.69, 9.17) is 5.84 Å². The van der Waals surface area contributed by atoms with E-state index in [-0.39, 0.29) is 23.5 Å². The monoisotopic (exact) mass is 251 g/mol. The van der Waals surface area contributed by atoms with Crippen LogP contribution in [0, 0.1) is 0 Å². The molecule has 17 heavy (non-hydrogen) atoms. The first kappa shape index (κ1) is 11.9. The van der Waals surface area contributed by atoms with Crippen molar-refractivity contribution in [1.82, 2.24) is 5.43 Å². The van der Waals surface area contributed by atoms with E-state index in [1.54, 1.807) is 6.07 Å². The van der Waals surface area contributed by atoms with Crippen molar-refractivity contribution in [2.75, 3.05) is 5.32 Å². The average molecular weight is 251 g/mol. The number of carbonyl (C=O) groups is 2. The Morgan fingerprint density at radius 3 is 3.06 bits per heavy atom. The lowest BCUT2D eigenvalue weighted by Gasteiger charge is -2.21. The van der Waals surface area contributed by atoms with Gasteiger partial charge in [-0.1, -0.05) is 6.07 Å². The van der Waals surface area contributed by atoms with Crippen molar-refractivity contribution in [2.45, 2.75) is 23.5 Å². The molecule has 1 atom stereocenters. The van der Waals surface area contributed by atoms with Gasteiger partial charge in [0.25, 0.3) is 0 Å². The Morgan fingerprint density at radius 1 is 1.59 bits per heavy atom. The molecule has 0 radical (unpaired) electrons. The molecule has 2 rings (SSSR count). The number of amides is 2. The lowest BCUT2D eigenvalue weighted by molar-refractivity contribution is -0.120. The maximum Gasteiger partial charge on any atom is 0.238 e. The minimum Gasteiger partial charge on any atom is -0.324 e. The molecule has 4 N–H and O–H groups in total. The third-order valence-corrected chi connectivity index (χ3v) is 3.68. The summed E-state index contributed by atoms with van der Waals surface area (Å²) in [4.78, 5) is 23.7. The van der Waals surface area contributed by atoms with Gasteiger partial charge in [-0.15, -0.1) is 11.8 Å². The van der Waals surface area contributed by atoms with Gasteiger partial charge in [0.15, 0.2) is 0 Å². The number of anilines is 1. The molecule has 0 aliphatic carbocycles. The van der Waals surface area contributed by atoms with E-state index in [1.807, 2.05) is 19.1 Å². The summed E-state index contributed by atoms with van der Waals surface area (Å²) in [5.74, 6) is 4.76. The number of hydrogen-bond donors (Lipinski definition) is 3. The smallest absolute Gasteiger partial charge is 0.238 e. The van der Waals surface area contributed by atoms with Gasteiger partial charge in [0, 0.05) is 4.90 Å². The summed E-state index contributed by atoms with van der Waals surface area (Å²) in [7, 11) is 0. The number of thioether (sulfide) groups is 1. The fourth-order valence-corrected chi connectivity index (χ4v) is 2.53. The van der Waals surface area contributed by atoms with Crippen LogP contribution in [0.2, 0.25) is 0 Å². The van der Waals surface area contributed by atoms with Crippen molar-refractivity contribution >= 4 is 29.3 Å². The first-order valence-electron chi connectivity index (χ1n) is 5.20. The van der Waals surface area contributed by atoms with E-state index in [0.717, 1.165) is 16.1 Å². The van der Waals surface area contributed by atoms with Gasteiger partial charge in [-0.3, -0.25) is 15.0 Å². The molecule has 0 spiro atoms. The summed E-state index contributed by atoms with van der Waals surface area (Å²) in [6.45, 7) is 1.86. The van der Waals surface area contributed by atoms with Crippen LogP contribution in [0.4, 0.5) is 5.69 Å². The fraction of sp³-hybridized carbons (Fsp3) is 0.273. The van der Waals surface area contributed by atoms with Crippen LogP contribution in [0.3, 0.4) is 0 Å². The molecule has 0 fully saturated rings. The van der Waals surface area contributed by atoms with Crippen LogP contribution in [0.25, 0.3) is 0 Å². The van der Waals surface area contributed by atoms with Gasteiger partial charge in [-0.2, -0.15) is 0 Å². The number of rotatable bonds is 2. The highest BCUT2D eigenvalue weighted by molar-refractivity contribution is 8.00. The van der Waals surface area contributed by atoms with Gasteiger partial charge < -0.3 is 5.32 Å². The first-order chi connectivity index (χ1) is 8.10. The number of nitrogens with two attached hydrogens (primary N) is 1. The minimum atomic E-state index is -0.256. The average Bonchev–Trinajstić information content (AvgIpc) is 2.31. The molecule has 0 aromatic heterocycles. The lowest BCUT2D eigenvalue weighted by Crippen LogP contribution is -2.31. The van der Waals surface area contributed by atoms with Gasteiger partial charge in [0.05, 0.1) is 17.4 Å². The van der Waals surface area contributed by atoms with Crippen molar-refractivity contribution in [1.29, 1.82) is 0 Å². The summed E-state index contributed by atoms with van der Waals surface area (Å²) in [5.41, 5.74) is 3.66. The zero-order valence-electron chi connectivity index (χ0n) is 9.32. The molecule has 0 saturated carbocycles. The highest BCUT2D eigenvalue weighted by atomic mass is 32.2. The van der Waals surface area contributed by atoms with E-state index < -0.39 is 0 Å². The summed E-state index contributed by atoms with van der Waals surface area (Å²) in [6.07, 6.45) is 0.208. The summed E-state index contributed by atoms with van der Waals surface area (Å²) in [6, 6.07) is 5.59. The molecular formula is C11H13N3O2S. The standard InChI is InChI=1S/C11H13N3O2S/c1-6-11(16)13-8-4-7(5-10(15)14-12)2-3-9(8)17-6/h2-4,6H,5,12H2,1H3,(H,13,16)(H,14,15). The van der Waals surface area contributed by atoms with E-state index in [2.05, 4.69) is 10.7 Å². The molecule has 2 amide bonds. The number of hydrazine groups is 1. The molecule has 1 aromatic carbocycles. The number of benzene rings is 1. The third-order valence-electron chi connectivity index (χ3n) is 2.50. The molecular weight excluding hydrogens is 238 g/mol. The molecule has 5 nitrogen and oxygen atoms in total. The van der Waals surface area contributed by atoms with Crippen molar-refractivity contribution in [2.24, 2.45) is 5.84 Å². The Bertz CT molecular complexity index is 476. The molecule has 90 valence electrons. The molecule has 1 heterocycles. The highest BCUT2D eigenvalue weighted by Crippen LogP contribution is 2.35. The largest absolute Gasteiger partial charge is 0.324 e. The summed E-state index contributed by atoms with van der Waals surface area (Å²) in [5, 5.41) is 2.74. The normalized spacial score (nSPS) is 18.2. The van der Waals surface area contributed by atoms with Crippen LogP contribution in [-0.4, -0.2) is 17.1 Å². The predicted octanol–water partition coefficient (Wildman–Crippen LogP) is 0.652. The molecule has 1 aromatic rings. The summed E-state index contributed by atoms with van der Waals surface area (Å²) >= 11 is 1.52. The van der Waals surface area contributed by atoms with Gasteiger partial charge in [-0.05, 0) is 24.6 Å². The fourth-order valence-electron chi connectivity index (χ4n) is 1.60. The van der Waals surface area contributed by atoms with E-state index in [9.17, 15) is 9.59 Å². The molecule has 1 aliphatic heterocycles. The Morgan fingerprint density at radius 2 is 2.35 bits per heavy atom. The van der Waals surface area contributed by atoms with Crippen molar-refractivity contribution in [3.63, 3.8) is 0 Å². The highest BCUT2D eigenvalue weighted by Gasteiger charge is 2.23. The molecule has 1 unspecified atom stereocenters. The van der Waals surface area contributed by atoms with Crippen molar-refractivity contribution in [3.8, 4) is 0 Å². The second-order valence-corrected chi connectivity index (χ2v) is 5.21. The number of fused-ring (bicyclic) bond motifs is 1. The maximum atomic E-state index is 11.5. The zero-order valence-corrected chi connectivity index (χ0v) is 10.1. The van der Waals surface area contributed by atoms with E-state index in [1.165, 1.54) is 11.8 Å². The number of hydrogen-bond acceptors (Lipinski definition) is 4. The molecule has 0 bridgehead atoms. The van der Waals surface area contributed by atoms with Crippen LogP contribution in [0.1, 0.15) is 12.5 Å². The van der Waals surface area contributed by atoms with Gasteiger partial charge in [0.1, 0.15) is 0 Å². The Balaban J connectivity index is 2.22. The van der Waals surface area contributed by atoms with E-state index >= 15 is 0 Å². The number of carbonyl (C=O) groups excluding carboxylic acids is 2. The van der Waals surface area contributed by atoms with Gasteiger partial charge in [-0.25, -0.2) is 5.84 Å². The zero-order chi connectivity index (χ0) is 12.4. The SMILES string of the molecule is CC1Sc2ccc(CC(=O)NN)cc2NC1=O. The Kier molecular flexibility index (Phi) is 3.35. The first-order valence-corrected chi connectivity index (χ1v) is 6.08. The third kappa shape index (κ3) is 2.59.